The molecule has 2 amide bonds. The fourth-order valence-electron chi connectivity index (χ4n) is 1.38. The fourth-order valence-corrected chi connectivity index (χ4v) is 1.38. The van der Waals surface area contributed by atoms with Crippen molar-refractivity contribution in [2.45, 2.75) is 51.6 Å². The Kier molecular flexibility index (Phi) is 20.6. The van der Waals surface area contributed by atoms with Crippen LogP contribution < -0.4 is 32.3 Å². The van der Waals surface area contributed by atoms with E-state index >= 15 is 0 Å². The number of carbonyl (C=O) groups excluding carboxylic acids is 4. The second-order valence-corrected chi connectivity index (χ2v) is 4.84. The van der Waals surface area contributed by atoms with E-state index in [0.29, 0.717) is 13.1 Å². The summed E-state index contributed by atoms with van der Waals surface area (Å²) in [6, 6.07) is -2.10. The van der Waals surface area contributed by atoms with Crippen molar-refractivity contribution in [1.82, 2.24) is 10.6 Å². The van der Waals surface area contributed by atoms with Crippen molar-refractivity contribution in [2.24, 2.45) is 11.5 Å². The molecule has 0 heterocycles. The molecule has 6 N–H and O–H groups in total. The van der Waals surface area contributed by atoms with Crippen LogP contribution in [-0.4, -0.2) is 86.7 Å². The summed E-state index contributed by atoms with van der Waals surface area (Å²) in [5, 5.41) is 25.3. The quantitative estimate of drug-likeness (QED) is 0.270. The van der Waals surface area contributed by atoms with Crippen LogP contribution in [0.15, 0.2) is 0 Å². The minimum atomic E-state index is -1.32. The Morgan fingerprint density at radius 1 is 0.800 bits per heavy atom. The molecule has 25 heavy (non-hydrogen) atoms. The zero-order chi connectivity index (χ0) is 19.1. The first-order valence-corrected chi connectivity index (χ1v) is 7.61. The molecule has 0 aliphatic rings. The molecule has 0 aromatic carbocycles. The van der Waals surface area contributed by atoms with E-state index in [1.165, 1.54) is 0 Å². The van der Waals surface area contributed by atoms with Crippen LogP contribution in [0, 0.1) is 0 Å². The largest absolute Gasteiger partial charge is 2.00 e. The van der Waals surface area contributed by atoms with E-state index in [1.54, 1.807) is 13.8 Å². The number of carbonyl (C=O) groups is 4. The molecule has 10 nitrogen and oxygen atoms in total. The number of nitrogens with two attached hydrogens (primary N) is 2. The van der Waals surface area contributed by atoms with Gasteiger partial charge in [-0.05, 0) is 26.7 Å². The molecule has 11 heteroatoms. The second kappa shape index (κ2) is 17.9. The SMILES string of the molecule is CCNC(=O)CC[C@H](N)C(=O)[O-].CCNC(=O)CC[C@H](N)C(=O)[O-].[Ca+2]. The summed E-state index contributed by atoms with van der Waals surface area (Å²) < 4.78 is 0. The molecule has 0 aromatic heterocycles. The third kappa shape index (κ3) is 19.2. The predicted octanol–water partition coefficient (Wildman–Crippen LogP) is -4.42. The van der Waals surface area contributed by atoms with Crippen LogP contribution in [-0.2, 0) is 19.2 Å². The third-order valence-corrected chi connectivity index (χ3v) is 2.72. The Morgan fingerprint density at radius 3 is 1.28 bits per heavy atom. The van der Waals surface area contributed by atoms with E-state index in [2.05, 4.69) is 10.6 Å². The number of hydrogen-bond donors (Lipinski definition) is 4. The molecule has 0 unspecified atom stereocenters. The van der Waals surface area contributed by atoms with Crippen LogP contribution in [0.3, 0.4) is 0 Å². The molecule has 0 saturated carbocycles. The van der Waals surface area contributed by atoms with Crippen molar-refractivity contribution in [3.63, 3.8) is 0 Å². The summed E-state index contributed by atoms with van der Waals surface area (Å²) in [6.07, 6.45) is 0.494. The van der Waals surface area contributed by atoms with Gasteiger partial charge in [0, 0.05) is 38.0 Å². The summed E-state index contributed by atoms with van der Waals surface area (Å²) in [5.74, 6) is -3.01. The molecule has 0 aliphatic carbocycles. The zero-order valence-electron chi connectivity index (χ0n) is 14.7. The van der Waals surface area contributed by atoms with Gasteiger partial charge in [0.25, 0.3) is 0 Å². The van der Waals surface area contributed by atoms with Crippen molar-refractivity contribution >= 4 is 61.5 Å². The average Bonchev–Trinajstić information content (AvgIpc) is 2.51. The Morgan fingerprint density at radius 2 is 1.08 bits per heavy atom. The van der Waals surface area contributed by atoms with Crippen molar-refractivity contribution in [2.75, 3.05) is 13.1 Å². The van der Waals surface area contributed by atoms with Crippen LogP contribution in [0.2, 0.25) is 0 Å². The molecule has 2 atom stereocenters. The second-order valence-electron chi connectivity index (χ2n) is 4.84. The monoisotopic (exact) mass is 386 g/mol. The molecule has 0 aliphatic heterocycles. The van der Waals surface area contributed by atoms with Gasteiger partial charge < -0.3 is 41.9 Å². The summed E-state index contributed by atoms with van der Waals surface area (Å²) in [6.45, 7) is 4.66. The predicted molar refractivity (Wildman–Crippen MR) is 87.6 cm³/mol. The van der Waals surface area contributed by atoms with Crippen molar-refractivity contribution in [1.29, 1.82) is 0 Å². The van der Waals surface area contributed by atoms with E-state index in [4.69, 9.17) is 11.5 Å². The Bertz CT molecular complexity index is 384. The number of carboxylic acids is 2. The minimum Gasteiger partial charge on any atom is -0.548 e. The molecular formula is C14H26CaN4O6. The Labute approximate surface area is 177 Å². The normalized spacial score (nSPS) is 11.7. The molecule has 0 saturated heterocycles. The van der Waals surface area contributed by atoms with Gasteiger partial charge in [-0.15, -0.1) is 0 Å². The first-order valence-electron chi connectivity index (χ1n) is 7.61. The van der Waals surface area contributed by atoms with Crippen molar-refractivity contribution < 1.29 is 29.4 Å². The van der Waals surface area contributed by atoms with Crippen LogP contribution in [0.1, 0.15) is 39.5 Å². The molecular weight excluding hydrogens is 360 g/mol. The van der Waals surface area contributed by atoms with Gasteiger partial charge in [0.1, 0.15) is 0 Å². The standard InChI is InChI=1S/2C7H14N2O3.Ca/c2*1-2-9-6(10)4-3-5(8)7(11)12;/h2*5H,2-4,8H2,1H3,(H,9,10)(H,11,12);/q;;+2/p-2/t2*5-;/m00./s1. The van der Waals surface area contributed by atoms with Crippen LogP contribution in [0.4, 0.5) is 0 Å². The first kappa shape index (κ1) is 28.8. The Hall–Kier alpha value is -0.940. The molecule has 0 fully saturated rings. The van der Waals surface area contributed by atoms with Gasteiger partial charge in [-0.1, -0.05) is 0 Å². The molecule has 0 aromatic rings. The number of aliphatic carboxylic acids is 2. The Balaban J connectivity index is -0.000000372. The summed E-state index contributed by atoms with van der Waals surface area (Å²) in [4.78, 5) is 41.8. The average molecular weight is 386 g/mol. The molecule has 0 bridgehead atoms. The van der Waals surface area contributed by atoms with E-state index in [-0.39, 0.29) is 75.2 Å². The topological polar surface area (TPSA) is 190 Å². The third-order valence-electron chi connectivity index (χ3n) is 2.72. The number of carboxylic acid groups (broad SMARTS) is 2. The summed E-state index contributed by atoms with van der Waals surface area (Å²) in [5.41, 5.74) is 10.2. The van der Waals surface area contributed by atoms with Crippen molar-refractivity contribution in [3.05, 3.63) is 0 Å². The van der Waals surface area contributed by atoms with Gasteiger partial charge in [0.15, 0.2) is 0 Å². The smallest absolute Gasteiger partial charge is 0.548 e. The first-order chi connectivity index (χ1) is 11.1. The van der Waals surface area contributed by atoms with E-state index < -0.39 is 24.0 Å². The fraction of sp³-hybridized carbons (Fsp3) is 0.714. The van der Waals surface area contributed by atoms with Gasteiger partial charge in [-0.2, -0.15) is 0 Å². The van der Waals surface area contributed by atoms with Gasteiger partial charge in [0.05, 0.1) is 11.9 Å². The molecule has 0 radical (unpaired) electrons. The van der Waals surface area contributed by atoms with Gasteiger partial charge >= 0.3 is 37.7 Å². The van der Waals surface area contributed by atoms with Gasteiger partial charge in [-0.3, -0.25) is 9.59 Å². The van der Waals surface area contributed by atoms with Crippen LogP contribution in [0.5, 0.6) is 0 Å². The van der Waals surface area contributed by atoms with Crippen molar-refractivity contribution in [3.8, 4) is 0 Å². The van der Waals surface area contributed by atoms with E-state index in [0.717, 1.165) is 0 Å². The van der Waals surface area contributed by atoms with Gasteiger partial charge in [0.2, 0.25) is 11.8 Å². The zero-order valence-corrected chi connectivity index (χ0v) is 16.9. The summed E-state index contributed by atoms with van der Waals surface area (Å²) in [7, 11) is 0. The van der Waals surface area contributed by atoms with E-state index in [1.807, 2.05) is 0 Å². The molecule has 0 spiro atoms. The number of hydrogen-bond acceptors (Lipinski definition) is 8. The van der Waals surface area contributed by atoms with Crippen LogP contribution >= 0.6 is 0 Å². The maximum atomic E-state index is 10.8. The minimum absolute atomic E-state index is 0. The molecule has 140 valence electrons. The molecule has 0 rings (SSSR count). The van der Waals surface area contributed by atoms with E-state index in [9.17, 15) is 29.4 Å². The van der Waals surface area contributed by atoms with Crippen LogP contribution in [0.25, 0.3) is 0 Å². The number of amides is 2. The summed E-state index contributed by atoms with van der Waals surface area (Å²) >= 11 is 0. The maximum absolute atomic E-state index is 10.8. The maximum Gasteiger partial charge on any atom is 2.00 e. The van der Waals surface area contributed by atoms with Gasteiger partial charge in [-0.25, -0.2) is 0 Å². The number of nitrogens with one attached hydrogen (secondary N) is 2. The number of rotatable bonds is 10.